The number of rotatable bonds is 3. The van der Waals surface area contributed by atoms with Gasteiger partial charge in [0.1, 0.15) is 0 Å². The summed E-state index contributed by atoms with van der Waals surface area (Å²) in [7, 11) is 0. The van der Waals surface area contributed by atoms with E-state index in [1.165, 1.54) is 0 Å². The Kier molecular flexibility index (Phi) is 5.21. The van der Waals surface area contributed by atoms with Gasteiger partial charge in [0.05, 0.1) is 5.92 Å². The molecule has 1 aromatic carbocycles. The number of nitrogens with one attached hydrogen (secondary N) is 1. The molecule has 0 spiro atoms. The first kappa shape index (κ1) is 15.9. The quantitative estimate of drug-likeness (QED) is 0.804. The molecule has 1 nitrogen and oxygen atoms in total. The zero-order chi connectivity index (χ0) is 14.8. The highest BCUT2D eigenvalue weighted by molar-refractivity contribution is 6.34. The van der Waals surface area contributed by atoms with E-state index >= 15 is 0 Å². The molecule has 0 aromatic heterocycles. The van der Waals surface area contributed by atoms with Gasteiger partial charge in [-0.25, -0.2) is 0 Å². The monoisotopic (exact) mass is 325 g/mol. The van der Waals surface area contributed by atoms with Crippen molar-refractivity contribution in [1.82, 2.24) is 5.32 Å². The second-order valence-corrected chi connectivity index (χ2v) is 6.13. The number of benzene rings is 1. The van der Waals surface area contributed by atoms with Gasteiger partial charge in [0, 0.05) is 22.6 Å². The average Bonchev–Trinajstić information content (AvgIpc) is 2.35. The SMILES string of the molecule is FC(F)(F)C1CCCC(NCc2cc(Cl)cc(Cl)c2)C1. The molecule has 2 atom stereocenters. The van der Waals surface area contributed by atoms with E-state index < -0.39 is 12.1 Å². The van der Waals surface area contributed by atoms with Crippen LogP contribution in [0.4, 0.5) is 13.2 Å². The van der Waals surface area contributed by atoms with Crippen LogP contribution in [-0.2, 0) is 6.54 Å². The topological polar surface area (TPSA) is 12.0 Å². The number of alkyl halides is 3. The fourth-order valence-electron chi connectivity index (χ4n) is 2.65. The van der Waals surface area contributed by atoms with Crippen LogP contribution in [0.25, 0.3) is 0 Å². The molecule has 0 radical (unpaired) electrons. The minimum Gasteiger partial charge on any atom is -0.310 e. The second-order valence-electron chi connectivity index (χ2n) is 5.26. The highest BCUT2D eigenvalue weighted by Gasteiger charge is 2.41. The van der Waals surface area contributed by atoms with E-state index in [2.05, 4.69) is 5.32 Å². The summed E-state index contributed by atoms with van der Waals surface area (Å²) in [6, 6.07) is 5.06. The van der Waals surface area contributed by atoms with E-state index in [4.69, 9.17) is 23.2 Å². The maximum atomic E-state index is 12.7. The van der Waals surface area contributed by atoms with Gasteiger partial charge in [-0.1, -0.05) is 29.6 Å². The standard InChI is InChI=1S/C14H16Cl2F3N/c15-11-4-9(5-12(16)7-11)8-20-13-3-1-2-10(6-13)14(17,18)19/h4-5,7,10,13,20H,1-3,6,8H2. The van der Waals surface area contributed by atoms with E-state index in [-0.39, 0.29) is 18.9 Å². The van der Waals surface area contributed by atoms with Crippen LogP contribution in [-0.4, -0.2) is 12.2 Å². The molecule has 2 unspecified atom stereocenters. The van der Waals surface area contributed by atoms with Gasteiger partial charge in [0.15, 0.2) is 0 Å². The largest absolute Gasteiger partial charge is 0.391 e. The molecule has 1 aliphatic rings. The summed E-state index contributed by atoms with van der Waals surface area (Å²) < 4.78 is 38.2. The summed E-state index contributed by atoms with van der Waals surface area (Å²) in [6.07, 6.45) is -2.30. The van der Waals surface area contributed by atoms with Gasteiger partial charge in [0.2, 0.25) is 0 Å². The van der Waals surface area contributed by atoms with Gasteiger partial charge in [-0.3, -0.25) is 0 Å². The molecular weight excluding hydrogens is 310 g/mol. The molecule has 1 saturated carbocycles. The van der Waals surface area contributed by atoms with Crippen LogP contribution in [0.2, 0.25) is 10.0 Å². The first-order valence-corrected chi connectivity index (χ1v) is 7.35. The minimum absolute atomic E-state index is 0.104. The van der Waals surface area contributed by atoms with Crippen molar-refractivity contribution in [2.75, 3.05) is 0 Å². The number of hydrogen-bond acceptors (Lipinski definition) is 1. The van der Waals surface area contributed by atoms with Crippen molar-refractivity contribution in [2.45, 2.75) is 44.4 Å². The molecule has 6 heteroatoms. The summed E-state index contributed by atoms with van der Waals surface area (Å²) in [4.78, 5) is 0. The average molecular weight is 326 g/mol. The normalized spacial score (nSPS) is 23.9. The first-order valence-electron chi connectivity index (χ1n) is 6.59. The van der Waals surface area contributed by atoms with Crippen molar-refractivity contribution >= 4 is 23.2 Å². The molecule has 1 aliphatic carbocycles. The lowest BCUT2D eigenvalue weighted by Crippen LogP contribution is -2.38. The number of halogens is 5. The van der Waals surface area contributed by atoms with E-state index in [0.29, 0.717) is 23.0 Å². The fourth-order valence-corrected chi connectivity index (χ4v) is 3.22. The third-order valence-electron chi connectivity index (χ3n) is 3.65. The van der Waals surface area contributed by atoms with Crippen LogP contribution < -0.4 is 5.32 Å². The predicted molar refractivity (Wildman–Crippen MR) is 75.1 cm³/mol. The van der Waals surface area contributed by atoms with Crippen LogP contribution in [0.3, 0.4) is 0 Å². The Bertz CT molecular complexity index is 442. The van der Waals surface area contributed by atoms with Crippen molar-refractivity contribution in [3.05, 3.63) is 33.8 Å². The van der Waals surface area contributed by atoms with Crippen LogP contribution in [0, 0.1) is 5.92 Å². The lowest BCUT2D eigenvalue weighted by atomic mass is 9.85. The van der Waals surface area contributed by atoms with Crippen molar-refractivity contribution < 1.29 is 13.2 Å². The van der Waals surface area contributed by atoms with Gasteiger partial charge < -0.3 is 5.32 Å². The zero-order valence-corrected chi connectivity index (χ0v) is 12.3. The molecule has 1 fully saturated rings. The Morgan fingerprint density at radius 1 is 1.10 bits per heavy atom. The third kappa shape index (κ3) is 4.54. The first-order chi connectivity index (χ1) is 9.34. The minimum atomic E-state index is -4.08. The summed E-state index contributed by atoms with van der Waals surface area (Å²) in [6.45, 7) is 0.482. The van der Waals surface area contributed by atoms with E-state index in [1.54, 1.807) is 18.2 Å². The van der Waals surface area contributed by atoms with Crippen molar-refractivity contribution in [3.8, 4) is 0 Å². The van der Waals surface area contributed by atoms with E-state index in [9.17, 15) is 13.2 Å². The lowest BCUT2D eigenvalue weighted by Gasteiger charge is -2.31. The summed E-state index contributed by atoms with van der Waals surface area (Å²) in [5.41, 5.74) is 0.886. The molecule has 0 saturated heterocycles. The Morgan fingerprint density at radius 2 is 1.75 bits per heavy atom. The molecule has 0 amide bonds. The van der Waals surface area contributed by atoms with Gasteiger partial charge >= 0.3 is 6.18 Å². The molecule has 20 heavy (non-hydrogen) atoms. The van der Waals surface area contributed by atoms with E-state index in [1.807, 2.05) is 0 Å². The zero-order valence-electron chi connectivity index (χ0n) is 10.8. The maximum Gasteiger partial charge on any atom is 0.391 e. The second kappa shape index (κ2) is 6.54. The molecule has 2 rings (SSSR count). The van der Waals surface area contributed by atoms with Gasteiger partial charge in [-0.2, -0.15) is 13.2 Å². The van der Waals surface area contributed by atoms with Gasteiger partial charge in [-0.15, -0.1) is 0 Å². The van der Waals surface area contributed by atoms with E-state index in [0.717, 1.165) is 12.0 Å². The Balaban J connectivity index is 1.90. The van der Waals surface area contributed by atoms with Crippen LogP contribution in [0.5, 0.6) is 0 Å². The number of hydrogen-bond donors (Lipinski definition) is 1. The maximum absolute atomic E-state index is 12.7. The fraction of sp³-hybridized carbons (Fsp3) is 0.571. The Morgan fingerprint density at radius 3 is 2.35 bits per heavy atom. The van der Waals surface area contributed by atoms with Gasteiger partial charge in [0.25, 0.3) is 0 Å². The Hall–Kier alpha value is -0.450. The van der Waals surface area contributed by atoms with Crippen LogP contribution >= 0.6 is 23.2 Å². The molecule has 1 N–H and O–H groups in total. The molecule has 112 valence electrons. The molecular formula is C14H16Cl2F3N. The van der Waals surface area contributed by atoms with Crippen LogP contribution in [0.15, 0.2) is 18.2 Å². The molecule has 0 bridgehead atoms. The summed E-state index contributed by atoms with van der Waals surface area (Å²) >= 11 is 11.8. The Labute approximate surface area is 126 Å². The van der Waals surface area contributed by atoms with Crippen molar-refractivity contribution in [3.63, 3.8) is 0 Å². The molecule has 1 aromatic rings. The summed E-state index contributed by atoms with van der Waals surface area (Å²) in [5.74, 6) is -1.18. The lowest BCUT2D eigenvalue weighted by molar-refractivity contribution is -0.183. The smallest absolute Gasteiger partial charge is 0.310 e. The molecule has 0 aliphatic heterocycles. The van der Waals surface area contributed by atoms with Gasteiger partial charge in [-0.05, 0) is 43.0 Å². The predicted octanol–water partition coefficient (Wildman–Crippen LogP) is 5.20. The highest BCUT2D eigenvalue weighted by atomic mass is 35.5. The molecule has 0 heterocycles. The third-order valence-corrected chi connectivity index (χ3v) is 4.09. The summed E-state index contributed by atoms with van der Waals surface area (Å²) in [5, 5.41) is 4.24. The highest BCUT2D eigenvalue weighted by Crippen LogP contribution is 2.37. The van der Waals surface area contributed by atoms with Crippen LogP contribution in [0.1, 0.15) is 31.2 Å². The van der Waals surface area contributed by atoms with Crippen molar-refractivity contribution in [2.24, 2.45) is 5.92 Å². The van der Waals surface area contributed by atoms with Crippen molar-refractivity contribution in [1.29, 1.82) is 0 Å².